The zero-order chi connectivity index (χ0) is 58.7. The molecule has 0 unspecified atom stereocenters. The van der Waals surface area contributed by atoms with Gasteiger partial charge in [0.2, 0.25) is 11.8 Å². The lowest BCUT2D eigenvalue weighted by Crippen LogP contribution is -2.54. The summed E-state index contributed by atoms with van der Waals surface area (Å²) in [6.07, 6.45) is 0.267. The Morgan fingerprint density at radius 1 is 0.734 bits per heavy atom. The summed E-state index contributed by atoms with van der Waals surface area (Å²) in [6, 6.07) is 23.9. The van der Waals surface area contributed by atoms with Gasteiger partial charge in [-0.15, -0.1) is 0 Å². The molecule has 0 spiro atoms. The Kier molecular flexibility index (Phi) is 19.2. The molecule has 1 aliphatic carbocycles. The van der Waals surface area contributed by atoms with Crippen LogP contribution in [0, 0.1) is 5.92 Å². The molecule has 3 atom stereocenters. The number of benzene rings is 4. The number of hydrogen-bond donors (Lipinski definition) is 3. The molecule has 0 radical (unpaired) electrons. The van der Waals surface area contributed by atoms with Crippen molar-refractivity contribution in [3.05, 3.63) is 113 Å². The molecule has 4 aromatic rings. The van der Waals surface area contributed by atoms with Crippen LogP contribution in [-0.2, 0) is 23.5 Å². The minimum Gasteiger partial charge on any atom is -0.540 e. The van der Waals surface area contributed by atoms with Crippen LogP contribution in [0.4, 0.5) is 21.0 Å². The second-order valence-electron chi connectivity index (χ2n) is 24.9. The highest BCUT2D eigenvalue weighted by atomic mass is 28.4. The van der Waals surface area contributed by atoms with Gasteiger partial charge in [-0.3, -0.25) is 24.6 Å². The molecular weight excluding hydrogens is 1030 g/mol. The van der Waals surface area contributed by atoms with E-state index in [2.05, 4.69) is 91.4 Å². The van der Waals surface area contributed by atoms with Crippen molar-refractivity contribution in [2.45, 2.75) is 175 Å². The fraction of sp³-hybridized carbons (Fsp3) is 0.500. The minimum absolute atomic E-state index is 0.0946. The van der Waals surface area contributed by atoms with Gasteiger partial charge in [0.05, 0.1) is 31.0 Å². The van der Waals surface area contributed by atoms with E-state index in [4.69, 9.17) is 23.1 Å². The topological polar surface area (TPSA) is 174 Å². The summed E-state index contributed by atoms with van der Waals surface area (Å²) >= 11 is 0. The average molecular weight is 1120 g/mol. The highest BCUT2D eigenvalue weighted by Crippen LogP contribution is 2.48. The van der Waals surface area contributed by atoms with Crippen LogP contribution >= 0.6 is 0 Å². The normalized spacial score (nSPS) is 15.6. The Morgan fingerprint density at radius 2 is 1.29 bits per heavy atom. The van der Waals surface area contributed by atoms with E-state index in [1.54, 1.807) is 64.0 Å². The van der Waals surface area contributed by atoms with Gasteiger partial charge in [0.1, 0.15) is 23.4 Å². The second-order valence-corrected chi connectivity index (χ2v) is 35.1. The molecular formula is C62H87N5O10Si2. The summed E-state index contributed by atoms with van der Waals surface area (Å²) < 4.78 is 31.8. The summed E-state index contributed by atoms with van der Waals surface area (Å²) in [5, 5.41) is 8.54. The molecule has 17 heteroatoms. The molecule has 5 amide bonds. The van der Waals surface area contributed by atoms with Crippen molar-refractivity contribution in [3.63, 3.8) is 0 Å². The lowest BCUT2D eigenvalue weighted by molar-refractivity contribution is -0.130. The third-order valence-electron chi connectivity index (χ3n) is 15.9. The minimum atomic E-state index is -2.55. The first-order valence-electron chi connectivity index (χ1n) is 27.7. The number of methoxy groups -OCH3 is 1. The predicted octanol–water partition coefficient (Wildman–Crippen LogP) is 14.2. The molecule has 79 heavy (non-hydrogen) atoms. The lowest BCUT2D eigenvalue weighted by Gasteiger charge is -2.42. The molecule has 6 rings (SSSR count). The van der Waals surface area contributed by atoms with Crippen LogP contribution < -0.4 is 25.1 Å². The summed E-state index contributed by atoms with van der Waals surface area (Å²) in [7, 11) is -1.76. The SMILES string of the molecule is COc1cc(C(=O)N2C=C(c3ccc(NC(=O)[C@H](C)NC(=O)[C@H](C(C)C)N(C)C(=O)OC4c5ccccc5-c5ccccc54)cc3)C[C@H]2CO[Si](C)(C)C(C)(C)C)c(NC(=O)OC(C)(C)C)cc1O[Si](C(C)C)(C(C)C)C(C)C. The van der Waals surface area contributed by atoms with Crippen LogP contribution in [0.5, 0.6) is 11.5 Å². The van der Waals surface area contributed by atoms with Crippen molar-refractivity contribution in [3.8, 4) is 22.6 Å². The zero-order valence-electron chi connectivity index (χ0n) is 50.2. The van der Waals surface area contributed by atoms with Crippen LogP contribution in [0.1, 0.15) is 143 Å². The molecule has 2 aliphatic rings. The van der Waals surface area contributed by atoms with E-state index >= 15 is 4.79 Å². The van der Waals surface area contributed by atoms with Crippen molar-refractivity contribution in [1.29, 1.82) is 0 Å². The van der Waals surface area contributed by atoms with Gasteiger partial charge in [-0.2, -0.15) is 0 Å². The van der Waals surface area contributed by atoms with Crippen molar-refractivity contribution in [2.24, 2.45) is 5.92 Å². The van der Waals surface area contributed by atoms with E-state index in [1.165, 1.54) is 11.9 Å². The van der Waals surface area contributed by atoms with E-state index in [9.17, 15) is 19.2 Å². The molecule has 4 aromatic carbocycles. The molecule has 0 fully saturated rings. The van der Waals surface area contributed by atoms with Crippen molar-refractivity contribution in [1.82, 2.24) is 15.1 Å². The van der Waals surface area contributed by atoms with E-state index in [0.717, 1.165) is 33.4 Å². The van der Waals surface area contributed by atoms with Crippen LogP contribution in [0.3, 0.4) is 0 Å². The third kappa shape index (κ3) is 13.8. The van der Waals surface area contributed by atoms with Gasteiger partial charge in [-0.05, 0) is 115 Å². The number of rotatable bonds is 19. The number of fused-ring (bicyclic) bond motifs is 3. The van der Waals surface area contributed by atoms with Gasteiger partial charge in [0.25, 0.3) is 14.2 Å². The largest absolute Gasteiger partial charge is 0.540 e. The zero-order valence-corrected chi connectivity index (χ0v) is 52.2. The third-order valence-corrected chi connectivity index (χ3v) is 26.3. The van der Waals surface area contributed by atoms with Gasteiger partial charge >= 0.3 is 12.2 Å². The molecule has 3 N–H and O–H groups in total. The molecule has 15 nitrogen and oxygen atoms in total. The monoisotopic (exact) mass is 1120 g/mol. The highest BCUT2D eigenvalue weighted by Gasteiger charge is 2.48. The Morgan fingerprint density at radius 3 is 1.80 bits per heavy atom. The first-order chi connectivity index (χ1) is 36.8. The van der Waals surface area contributed by atoms with Gasteiger partial charge in [0.15, 0.2) is 20.2 Å². The molecule has 0 saturated carbocycles. The fourth-order valence-electron chi connectivity index (χ4n) is 10.8. The molecule has 1 heterocycles. The Balaban J connectivity index is 1.23. The maximum Gasteiger partial charge on any atom is 0.412 e. The number of anilines is 2. The van der Waals surface area contributed by atoms with Gasteiger partial charge < -0.3 is 38.6 Å². The summed E-state index contributed by atoms with van der Waals surface area (Å²) in [5.74, 6) is -0.853. The van der Waals surface area contributed by atoms with E-state index < -0.39 is 70.5 Å². The fourth-order valence-corrected chi connectivity index (χ4v) is 17.1. The standard InChI is InChI=1S/C62H87N5O10Si2/c1-37(2)54(66(16)60(72)75-55-48-26-22-20-24-46(48)47-25-21-23-27-49(47)55)57(69)63-41(9)56(68)64-44-30-28-42(29-31-44)43-32-45(36-74-78(18,19)62(13,14)15)67(35-43)58(70)50-33-52(73-17)53(34-51(50)65-59(71)76-61(10,11)12)77-79(38(3)4,39(5)6)40(7)8/h20-31,33-35,37-41,45,54-55H,32,36H2,1-19H3,(H,63,69)(H,64,68)(H,65,71)/t41-,45-,54-/m0/s1. The van der Waals surface area contributed by atoms with Crippen LogP contribution in [0.2, 0.25) is 34.8 Å². The van der Waals surface area contributed by atoms with E-state index in [1.807, 2.05) is 80.7 Å². The second kappa shape index (κ2) is 24.5. The summed E-state index contributed by atoms with van der Waals surface area (Å²) in [6.45, 7) is 34.9. The quantitative estimate of drug-likeness (QED) is 0.0767. The smallest absolute Gasteiger partial charge is 0.412 e. The molecule has 428 valence electrons. The lowest BCUT2D eigenvalue weighted by atomic mass is 10.0. The summed E-state index contributed by atoms with van der Waals surface area (Å²) in [5.41, 5.74) is 6.18. The number of likely N-dealkylation sites (N-methyl/N-ethyl adjacent to an activating group) is 1. The van der Waals surface area contributed by atoms with Gasteiger partial charge in [0, 0.05) is 36.1 Å². The Hall–Kier alpha value is -6.44. The number of carbonyl (C=O) groups is 5. The maximum absolute atomic E-state index is 15.3. The van der Waals surface area contributed by atoms with Crippen molar-refractivity contribution >= 4 is 63.5 Å². The number of carbonyl (C=O) groups excluding carboxylic acids is 5. The van der Waals surface area contributed by atoms with Crippen molar-refractivity contribution in [2.75, 3.05) is 31.4 Å². The van der Waals surface area contributed by atoms with Gasteiger partial charge in [-0.1, -0.05) is 137 Å². The number of ether oxygens (including phenoxy) is 3. The van der Waals surface area contributed by atoms with Crippen LogP contribution in [-0.4, -0.2) is 101 Å². The van der Waals surface area contributed by atoms with Crippen LogP contribution in [0.15, 0.2) is 91.1 Å². The number of nitrogens with zero attached hydrogens (tertiary/aromatic N) is 2. The van der Waals surface area contributed by atoms with Gasteiger partial charge in [-0.25, -0.2) is 9.59 Å². The van der Waals surface area contributed by atoms with E-state index in [-0.39, 0.29) is 51.3 Å². The van der Waals surface area contributed by atoms with Crippen LogP contribution in [0.25, 0.3) is 16.7 Å². The Bertz CT molecular complexity index is 2840. The molecule has 1 aliphatic heterocycles. The number of nitrogens with one attached hydrogen (secondary N) is 3. The van der Waals surface area contributed by atoms with Crippen molar-refractivity contribution < 1.29 is 47.0 Å². The molecule has 0 bridgehead atoms. The Labute approximate surface area is 471 Å². The predicted molar refractivity (Wildman–Crippen MR) is 319 cm³/mol. The highest BCUT2D eigenvalue weighted by molar-refractivity contribution is 6.78. The molecule has 0 saturated heterocycles. The first-order valence-corrected chi connectivity index (χ1v) is 32.8. The average Bonchev–Trinajstić information content (AvgIpc) is 3.94. The summed E-state index contributed by atoms with van der Waals surface area (Å²) in [4.78, 5) is 73.3. The first kappa shape index (κ1) is 61.8. The van der Waals surface area contributed by atoms with E-state index in [0.29, 0.717) is 23.6 Å². The maximum atomic E-state index is 15.3. The number of hydrogen-bond acceptors (Lipinski definition) is 10. The molecule has 0 aromatic heterocycles. The number of amides is 5.